The fraction of sp³-hybridized carbons (Fsp3) is 0.0769. The third kappa shape index (κ3) is 2.97. The zero-order valence-electron chi connectivity index (χ0n) is 9.95. The van der Waals surface area contributed by atoms with Crippen molar-refractivity contribution in [3.05, 3.63) is 51.8 Å². The Morgan fingerprint density at radius 3 is 2.53 bits per heavy atom. The van der Waals surface area contributed by atoms with Gasteiger partial charge < -0.3 is 10.4 Å². The lowest BCUT2D eigenvalue weighted by atomic mass is 10.2. The van der Waals surface area contributed by atoms with E-state index in [-0.39, 0.29) is 21.7 Å². The first-order chi connectivity index (χ1) is 8.99. The average Bonchev–Trinajstić information content (AvgIpc) is 2.36. The maximum Gasteiger partial charge on any atom is 0.274 e. The predicted octanol–water partition coefficient (Wildman–Crippen LogP) is 3.65. The van der Waals surface area contributed by atoms with Gasteiger partial charge in [0.25, 0.3) is 5.91 Å². The molecule has 0 aliphatic carbocycles. The highest BCUT2D eigenvalue weighted by Gasteiger charge is 2.12. The second kappa shape index (κ2) is 5.47. The van der Waals surface area contributed by atoms with Gasteiger partial charge in [-0.3, -0.25) is 9.78 Å². The number of aromatic nitrogens is 1. The number of aryl methyl sites for hydroxylation is 1. The maximum absolute atomic E-state index is 12.0. The summed E-state index contributed by atoms with van der Waals surface area (Å²) in [6, 6.07) is 6.37. The van der Waals surface area contributed by atoms with Crippen LogP contribution in [0.2, 0.25) is 10.0 Å². The van der Waals surface area contributed by atoms with Gasteiger partial charge in [-0.1, -0.05) is 29.3 Å². The summed E-state index contributed by atoms with van der Waals surface area (Å²) in [5.74, 6) is -0.578. The Hall–Kier alpha value is -1.78. The second-order valence-corrected chi connectivity index (χ2v) is 4.73. The van der Waals surface area contributed by atoms with Crippen molar-refractivity contribution in [1.29, 1.82) is 0 Å². The first-order valence-corrected chi connectivity index (χ1v) is 6.15. The third-order valence-corrected chi connectivity index (χ3v) is 3.08. The molecule has 0 atom stereocenters. The van der Waals surface area contributed by atoms with Crippen molar-refractivity contribution in [2.75, 3.05) is 5.32 Å². The molecule has 1 amide bonds. The zero-order valence-corrected chi connectivity index (χ0v) is 11.5. The van der Waals surface area contributed by atoms with Crippen molar-refractivity contribution in [3.8, 4) is 5.75 Å². The van der Waals surface area contributed by atoms with Crippen LogP contribution < -0.4 is 5.32 Å². The third-order valence-electron chi connectivity index (χ3n) is 2.50. The van der Waals surface area contributed by atoms with Gasteiger partial charge in [0.2, 0.25) is 0 Å². The number of carbonyl (C=O) groups excluding carboxylic acids is 1. The van der Waals surface area contributed by atoms with E-state index in [9.17, 15) is 9.90 Å². The Bertz CT molecular complexity index is 621. The molecule has 0 bridgehead atoms. The number of phenolic OH excluding ortho intramolecular Hbond substituents is 1. The van der Waals surface area contributed by atoms with Crippen LogP contribution in [0.15, 0.2) is 30.5 Å². The highest BCUT2D eigenvalue weighted by Crippen LogP contribution is 2.34. The van der Waals surface area contributed by atoms with Gasteiger partial charge in [0, 0.05) is 11.9 Å². The molecule has 6 heteroatoms. The molecule has 0 saturated carbocycles. The van der Waals surface area contributed by atoms with E-state index in [2.05, 4.69) is 10.3 Å². The monoisotopic (exact) mass is 296 g/mol. The Labute approximate surface area is 120 Å². The first kappa shape index (κ1) is 13.6. The lowest BCUT2D eigenvalue weighted by Gasteiger charge is -2.08. The molecule has 0 saturated heterocycles. The van der Waals surface area contributed by atoms with E-state index in [4.69, 9.17) is 23.2 Å². The molecule has 2 rings (SSSR count). The Balaban J connectivity index is 2.27. The highest BCUT2D eigenvalue weighted by atomic mass is 35.5. The van der Waals surface area contributed by atoms with Gasteiger partial charge in [-0.2, -0.15) is 0 Å². The number of hydrogen-bond donors (Lipinski definition) is 2. The van der Waals surface area contributed by atoms with Crippen LogP contribution in [0.25, 0.3) is 0 Å². The Kier molecular flexibility index (Phi) is 3.93. The molecule has 98 valence electrons. The van der Waals surface area contributed by atoms with E-state index in [0.29, 0.717) is 11.4 Å². The first-order valence-electron chi connectivity index (χ1n) is 5.40. The lowest BCUT2D eigenvalue weighted by Crippen LogP contribution is -2.15. The van der Waals surface area contributed by atoms with Crippen LogP contribution in [0.5, 0.6) is 5.75 Å². The number of amides is 1. The van der Waals surface area contributed by atoms with Crippen LogP contribution in [-0.2, 0) is 0 Å². The molecule has 1 aromatic heterocycles. The van der Waals surface area contributed by atoms with E-state index < -0.39 is 0 Å². The normalized spacial score (nSPS) is 10.3. The van der Waals surface area contributed by atoms with Crippen molar-refractivity contribution in [2.45, 2.75) is 6.92 Å². The fourth-order valence-corrected chi connectivity index (χ4v) is 2.04. The molecule has 0 radical (unpaired) electrons. The second-order valence-electron chi connectivity index (χ2n) is 3.91. The summed E-state index contributed by atoms with van der Waals surface area (Å²) in [5, 5.41) is 12.2. The van der Waals surface area contributed by atoms with Crippen LogP contribution in [0.1, 0.15) is 16.1 Å². The van der Waals surface area contributed by atoms with Gasteiger partial charge in [0.05, 0.1) is 10.0 Å². The summed E-state index contributed by atoms with van der Waals surface area (Å²) in [7, 11) is 0. The van der Waals surface area contributed by atoms with Crippen LogP contribution in [0, 0.1) is 6.92 Å². The van der Waals surface area contributed by atoms with Gasteiger partial charge in [-0.15, -0.1) is 0 Å². The maximum atomic E-state index is 12.0. The minimum absolute atomic E-state index is 0.0699. The molecule has 1 aromatic carbocycles. The van der Waals surface area contributed by atoms with Gasteiger partial charge in [-0.25, -0.2) is 0 Å². The van der Waals surface area contributed by atoms with Crippen LogP contribution in [-0.4, -0.2) is 16.0 Å². The number of benzene rings is 1. The summed E-state index contributed by atoms with van der Waals surface area (Å²) in [4.78, 5) is 16.0. The molecule has 0 unspecified atom stereocenters. The predicted molar refractivity (Wildman–Crippen MR) is 75.1 cm³/mol. The van der Waals surface area contributed by atoms with Gasteiger partial charge in [0.1, 0.15) is 5.69 Å². The summed E-state index contributed by atoms with van der Waals surface area (Å²) in [6.07, 6.45) is 1.54. The van der Waals surface area contributed by atoms with Gasteiger partial charge in [-0.05, 0) is 30.7 Å². The van der Waals surface area contributed by atoms with Crippen molar-refractivity contribution >= 4 is 34.8 Å². The number of nitrogens with one attached hydrogen (secondary N) is 1. The largest absolute Gasteiger partial charge is 0.505 e. The molecule has 2 N–H and O–H groups in total. The Morgan fingerprint density at radius 2 is 1.95 bits per heavy atom. The molecular weight excluding hydrogens is 287 g/mol. The minimum atomic E-state index is -0.365. The quantitative estimate of drug-likeness (QED) is 0.832. The summed E-state index contributed by atoms with van der Waals surface area (Å²) in [6.45, 7) is 1.79. The summed E-state index contributed by atoms with van der Waals surface area (Å²) in [5.41, 5.74) is 1.47. The van der Waals surface area contributed by atoms with Crippen LogP contribution in [0.4, 0.5) is 5.69 Å². The average molecular weight is 297 g/mol. The van der Waals surface area contributed by atoms with Gasteiger partial charge >= 0.3 is 0 Å². The number of anilines is 1. The van der Waals surface area contributed by atoms with Crippen LogP contribution >= 0.6 is 23.2 Å². The van der Waals surface area contributed by atoms with Crippen molar-refractivity contribution in [2.24, 2.45) is 0 Å². The molecule has 0 spiro atoms. The van der Waals surface area contributed by atoms with Crippen LogP contribution in [0.3, 0.4) is 0 Å². The highest BCUT2D eigenvalue weighted by molar-refractivity contribution is 6.37. The SMILES string of the molecule is Cc1cccnc1C(=O)Nc1cc(Cl)c(O)c(Cl)c1. The number of nitrogens with zero attached hydrogens (tertiary/aromatic N) is 1. The van der Waals surface area contributed by atoms with E-state index in [1.54, 1.807) is 25.3 Å². The number of phenols is 1. The summed E-state index contributed by atoms with van der Waals surface area (Å²) < 4.78 is 0. The number of pyridine rings is 1. The molecule has 0 fully saturated rings. The standard InChI is InChI=1S/C13H10Cl2N2O2/c1-7-3-2-4-16-11(7)13(19)17-8-5-9(14)12(18)10(15)6-8/h2-6,18H,1H3,(H,17,19). The summed E-state index contributed by atoms with van der Waals surface area (Å²) >= 11 is 11.6. The molecule has 0 aliphatic heterocycles. The fourth-order valence-electron chi connectivity index (χ4n) is 1.55. The molecule has 0 aliphatic rings. The molecular formula is C13H10Cl2N2O2. The minimum Gasteiger partial charge on any atom is -0.505 e. The number of hydrogen-bond acceptors (Lipinski definition) is 3. The van der Waals surface area contributed by atoms with Crippen molar-refractivity contribution in [1.82, 2.24) is 4.98 Å². The molecule has 1 heterocycles. The number of carbonyl (C=O) groups is 1. The lowest BCUT2D eigenvalue weighted by molar-refractivity contribution is 0.102. The Morgan fingerprint density at radius 1 is 1.32 bits per heavy atom. The number of halogens is 2. The van der Waals surface area contributed by atoms with E-state index in [1.165, 1.54) is 12.1 Å². The molecule has 4 nitrogen and oxygen atoms in total. The molecule has 2 aromatic rings. The van der Waals surface area contributed by atoms with E-state index >= 15 is 0 Å². The van der Waals surface area contributed by atoms with Crippen molar-refractivity contribution in [3.63, 3.8) is 0 Å². The molecule has 19 heavy (non-hydrogen) atoms. The zero-order chi connectivity index (χ0) is 14.0. The van der Waals surface area contributed by atoms with Gasteiger partial charge in [0.15, 0.2) is 5.75 Å². The van der Waals surface area contributed by atoms with E-state index in [0.717, 1.165) is 5.56 Å². The van der Waals surface area contributed by atoms with Crippen molar-refractivity contribution < 1.29 is 9.90 Å². The number of aromatic hydroxyl groups is 1. The van der Waals surface area contributed by atoms with E-state index in [1.807, 2.05) is 0 Å². The number of rotatable bonds is 2. The topological polar surface area (TPSA) is 62.2 Å². The smallest absolute Gasteiger partial charge is 0.274 e.